The van der Waals surface area contributed by atoms with Gasteiger partial charge in [0.25, 0.3) is 5.91 Å². The molecule has 0 aliphatic rings. The summed E-state index contributed by atoms with van der Waals surface area (Å²) in [7, 11) is 0. The van der Waals surface area contributed by atoms with E-state index >= 15 is 0 Å². The highest BCUT2D eigenvalue weighted by atomic mass is 16.5. The normalized spacial score (nSPS) is 10.3. The first kappa shape index (κ1) is 17.9. The molecular weight excluding hydrogens is 302 g/mol. The average molecular weight is 327 g/mol. The Morgan fingerprint density at radius 3 is 2.46 bits per heavy atom. The van der Waals surface area contributed by atoms with Gasteiger partial charge in [0.15, 0.2) is 0 Å². The number of rotatable bonds is 7. The van der Waals surface area contributed by atoms with Crippen LogP contribution in [0.15, 0.2) is 36.4 Å². The lowest BCUT2D eigenvalue weighted by atomic mass is 10.1. The van der Waals surface area contributed by atoms with Gasteiger partial charge in [-0.2, -0.15) is 0 Å². The van der Waals surface area contributed by atoms with Gasteiger partial charge in [0.1, 0.15) is 18.1 Å². The molecule has 1 amide bonds. The zero-order chi connectivity index (χ0) is 17.5. The van der Waals surface area contributed by atoms with E-state index < -0.39 is 0 Å². The molecule has 0 saturated heterocycles. The van der Waals surface area contributed by atoms with E-state index in [1.165, 1.54) is 11.1 Å². The minimum absolute atomic E-state index is 0.0898. The molecule has 4 heteroatoms. The molecule has 0 spiro atoms. The average Bonchev–Trinajstić information content (AvgIpc) is 2.57. The van der Waals surface area contributed by atoms with Crippen LogP contribution in [-0.2, 0) is 6.61 Å². The summed E-state index contributed by atoms with van der Waals surface area (Å²) in [5.41, 5.74) is 3.89. The van der Waals surface area contributed by atoms with E-state index in [1.807, 2.05) is 44.2 Å². The molecule has 0 aliphatic heterocycles. The summed E-state index contributed by atoms with van der Waals surface area (Å²) in [5.74, 6) is 1.46. The number of amides is 1. The second-order valence-corrected chi connectivity index (χ2v) is 5.65. The van der Waals surface area contributed by atoms with Crippen molar-refractivity contribution in [2.24, 2.45) is 0 Å². The molecule has 2 aromatic carbocycles. The Kier molecular flexibility index (Phi) is 6.24. The van der Waals surface area contributed by atoms with Gasteiger partial charge in [0, 0.05) is 17.7 Å². The Morgan fingerprint density at radius 1 is 1.00 bits per heavy atom. The van der Waals surface area contributed by atoms with Crippen molar-refractivity contribution < 1.29 is 14.3 Å². The van der Waals surface area contributed by atoms with E-state index in [4.69, 9.17) is 9.47 Å². The molecule has 0 aromatic heterocycles. The fraction of sp³-hybridized carbons (Fsp3) is 0.350. The smallest absolute Gasteiger partial charge is 0.251 e. The quantitative estimate of drug-likeness (QED) is 0.835. The number of ether oxygens (including phenoxy) is 2. The summed E-state index contributed by atoms with van der Waals surface area (Å²) in [4.78, 5) is 12.0. The molecule has 0 heterocycles. The maximum absolute atomic E-state index is 12.0. The molecular formula is C20H25NO3. The molecule has 4 nitrogen and oxygen atoms in total. The van der Waals surface area contributed by atoms with Gasteiger partial charge in [-0.3, -0.25) is 4.79 Å². The van der Waals surface area contributed by atoms with Crippen molar-refractivity contribution in [3.8, 4) is 11.5 Å². The van der Waals surface area contributed by atoms with Gasteiger partial charge in [-0.1, -0.05) is 6.07 Å². The van der Waals surface area contributed by atoms with Gasteiger partial charge in [0.05, 0.1) is 6.61 Å². The zero-order valence-electron chi connectivity index (χ0n) is 14.8. The van der Waals surface area contributed by atoms with E-state index in [-0.39, 0.29) is 5.91 Å². The minimum atomic E-state index is -0.0898. The van der Waals surface area contributed by atoms with Crippen LogP contribution in [-0.4, -0.2) is 19.1 Å². The van der Waals surface area contributed by atoms with Crippen molar-refractivity contribution >= 4 is 5.91 Å². The van der Waals surface area contributed by atoms with Gasteiger partial charge in [0.2, 0.25) is 0 Å². The van der Waals surface area contributed by atoms with Crippen molar-refractivity contribution in [3.63, 3.8) is 0 Å². The van der Waals surface area contributed by atoms with E-state index in [0.29, 0.717) is 25.3 Å². The summed E-state index contributed by atoms with van der Waals surface area (Å²) >= 11 is 0. The molecule has 1 N–H and O–H groups in total. The maximum atomic E-state index is 12.0. The number of hydrogen-bond acceptors (Lipinski definition) is 3. The molecule has 24 heavy (non-hydrogen) atoms. The monoisotopic (exact) mass is 327 g/mol. The number of aryl methyl sites for hydroxylation is 2. The van der Waals surface area contributed by atoms with Crippen LogP contribution in [0, 0.1) is 13.8 Å². The summed E-state index contributed by atoms with van der Waals surface area (Å²) in [6.45, 7) is 9.48. The van der Waals surface area contributed by atoms with Gasteiger partial charge in [-0.05, 0) is 69.2 Å². The Labute approximate surface area is 143 Å². The van der Waals surface area contributed by atoms with Crippen molar-refractivity contribution in [1.29, 1.82) is 0 Å². The largest absolute Gasteiger partial charge is 0.493 e. The zero-order valence-corrected chi connectivity index (χ0v) is 14.8. The second-order valence-electron chi connectivity index (χ2n) is 5.65. The lowest BCUT2D eigenvalue weighted by molar-refractivity contribution is 0.0955. The SMILES string of the molecule is CCNC(=O)c1ccc(OCC)c(COc2ccc(C)c(C)c2)c1. The van der Waals surface area contributed by atoms with Gasteiger partial charge in [-0.25, -0.2) is 0 Å². The maximum Gasteiger partial charge on any atom is 0.251 e. The first-order chi connectivity index (χ1) is 11.5. The van der Waals surface area contributed by atoms with E-state index in [0.717, 1.165) is 17.1 Å². The molecule has 128 valence electrons. The standard InChI is InChI=1S/C20H25NO3/c1-5-21-20(22)16-8-10-19(23-6-2)17(12-16)13-24-18-9-7-14(3)15(4)11-18/h7-12H,5-6,13H2,1-4H3,(H,21,22). The molecule has 2 rings (SSSR count). The molecule has 0 bridgehead atoms. The van der Waals surface area contributed by atoms with Crippen LogP contribution in [0.5, 0.6) is 11.5 Å². The second kappa shape index (κ2) is 8.39. The van der Waals surface area contributed by atoms with E-state index in [1.54, 1.807) is 6.07 Å². The van der Waals surface area contributed by atoms with Gasteiger partial charge < -0.3 is 14.8 Å². The van der Waals surface area contributed by atoms with E-state index in [9.17, 15) is 4.79 Å². The Hall–Kier alpha value is -2.49. The minimum Gasteiger partial charge on any atom is -0.493 e. The molecule has 0 radical (unpaired) electrons. The number of carbonyl (C=O) groups is 1. The third-order valence-electron chi connectivity index (χ3n) is 3.83. The predicted molar refractivity (Wildman–Crippen MR) is 95.9 cm³/mol. The number of benzene rings is 2. The predicted octanol–water partition coefficient (Wildman–Crippen LogP) is 4.03. The third-order valence-corrected chi connectivity index (χ3v) is 3.83. The van der Waals surface area contributed by atoms with Crippen LogP contribution in [0.3, 0.4) is 0 Å². The Bertz CT molecular complexity index is 710. The van der Waals surface area contributed by atoms with Crippen LogP contribution in [0.25, 0.3) is 0 Å². The van der Waals surface area contributed by atoms with Crippen molar-refractivity contribution in [3.05, 3.63) is 58.7 Å². The molecule has 2 aromatic rings. The van der Waals surface area contributed by atoms with Gasteiger partial charge >= 0.3 is 0 Å². The number of carbonyl (C=O) groups excluding carboxylic acids is 1. The molecule has 0 atom stereocenters. The summed E-state index contributed by atoms with van der Waals surface area (Å²) in [6.07, 6.45) is 0. The van der Waals surface area contributed by atoms with Gasteiger partial charge in [-0.15, -0.1) is 0 Å². The highest BCUT2D eigenvalue weighted by Crippen LogP contribution is 2.24. The lowest BCUT2D eigenvalue weighted by Crippen LogP contribution is -2.22. The Balaban J connectivity index is 2.20. The first-order valence-corrected chi connectivity index (χ1v) is 8.29. The Morgan fingerprint density at radius 2 is 1.79 bits per heavy atom. The van der Waals surface area contributed by atoms with Crippen LogP contribution < -0.4 is 14.8 Å². The summed E-state index contributed by atoms with van der Waals surface area (Å²) < 4.78 is 11.5. The molecule has 0 saturated carbocycles. The summed E-state index contributed by atoms with van der Waals surface area (Å²) in [6, 6.07) is 11.4. The fourth-order valence-electron chi connectivity index (χ4n) is 2.36. The van der Waals surface area contributed by atoms with Crippen molar-refractivity contribution in [2.75, 3.05) is 13.2 Å². The van der Waals surface area contributed by atoms with Crippen LogP contribution >= 0.6 is 0 Å². The highest BCUT2D eigenvalue weighted by Gasteiger charge is 2.11. The molecule has 0 fully saturated rings. The topological polar surface area (TPSA) is 47.6 Å². The van der Waals surface area contributed by atoms with Crippen LogP contribution in [0.2, 0.25) is 0 Å². The highest BCUT2D eigenvalue weighted by molar-refractivity contribution is 5.94. The molecule has 0 unspecified atom stereocenters. The van der Waals surface area contributed by atoms with Crippen molar-refractivity contribution in [1.82, 2.24) is 5.32 Å². The fourth-order valence-corrected chi connectivity index (χ4v) is 2.36. The number of hydrogen-bond donors (Lipinski definition) is 1. The van der Waals surface area contributed by atoms with Crippen LogP contribution in [0.1, 0.15) is 40.9 Å². The number of nitrogens with one attached hydrogen (secondary N) is 1. The van der Waals surface area contributed by atoms with Crippen molar-refractivity contribution in [2.45, 2.75) is 34.3 Å². The summed E-state index contributed by atoms with van der Waals surface area (Å²) in [5, 5.41) is 2.81. The van der Waals surface area contributed by atoms with Crippen LogP contribution in [0.4, 0.5) is 0 Å². The lowest BCUT2D eigenvalue weighted by Gasteiger charge is -2.14. The molecule has 0 aliphatic carbocycles. The first-order valence-electron chi connectivity index (χ1n) is 8.29. The third kappa shape index (κ3) is 4.51. The van der Waals surface area contributed by atoms with E-state index in [2.05, 4.69) is 19.2 Å².